The minimum Gasteiger partial charge on any atom is -0.378 e. The molecule has 0 bridgehead atoms. The molecule has 2 heterocycles. The first kappa shape index (κ1) is 10.1. The largest absolute Gasteiger partial charge is 0.378 e. The Morgan fingerprint density at radius 1 is 1.07 bits per heavy atom. The molecular formula is C12H21NO2. The summed E-state index contributed by atoms with van der Waals surface area (Å²) in [4.78, 5) is 0. The number of hydrogen-bond donors (Lipinski definition) is 1. The number of nitrogens with one attached hydrogen (secondary N) is 1. The van der Waals surface area contributed by atoms with Crippen LogP contribution in [0, 0.1) is 5.92 Å². The highest BCUT2D eigenvalue weighted by atomic mass is 16.5. The Bertz CT molecular complexity index is 218. The predicted molar refractivity (Wildman–Crippen MR) is 57.8 cm³/mol. The van der Waals surface area contributed by atoms with Gasteiger partial charge in [0.1, 0.15) is 0 Å². The van der Waals surface area contributed by atoms with Gasteiger partial charge in [0, 0.05) is 12.6 Å². The maximum Gasteiger partial charge on any atom is 0.0813 e. The molecule has 3 atom stereocenters. The fourth-order valence-corrected chi connectivity index (χ4v) is 2.65. The highest BCUT2D eigenvalue weighted by molar-refractivity contribution is 4.89. The Balaban J connectivity index is 1.38. The van der Waals surface area contributed by atoms with Crippen molar-refractivity contribution in [2.45, 2.75) is 50.4 Å². The van der Waals surface area contributed by atoms with Crippen LogP contribution in [0.2, 0.25) is 0 Å². The Labute approximate surface area is 91.5 Å². The van der Waals surface area contributed by atoms with Crippen LogP contribution in [0.25, 0.3) is 0 Å². The van der Waals surface area contributed by atoms with Crippen LogP contribution in [0.4, 0.5) is 0 Å². The molecule has 1 saturated carbocycles. The van der Waals surface area contributed by atoms with Crippen LogP contribution in [-0.2, 0) is 9.47 Å². The lowest BCUT2D eigenvalue weighted by molar-refractivity contribution is -0.0892. The van der Waals surface area contributed by atoms with E-state index >= 15 is 0 Å². The van der Waals surface area contributed by atoms with E-state index in [1.54, 1.807) is 0 Å². The van der Waals surface area contributed by atoms with Gasteiger partial charge < -0.3 is 14.8 Å². The van der Waals surface area contributed by atoms with E-state index in [0.717, 1.165) is 25.7 Å². The van der Waals surface area contributed by atoms with Crippen LogP contribution in [-0.4, -0.2) is 38.0 Å². The first-order chi connectivity index (χ1) is 7.42. The molecule has 3 heteroatoms. The molecule has 0 amide bonds. The Kier molecular flexibility index (Phi) is 2.95. The topological polar surface area (TPSA) is 30.5 Å². The second-order valence-corrected chi connectivity index (χ2v) is 5.20. The third-order valence-electron chi connectivity index (χ3n) is 3.81. The fraction of sp³-hybridized carbons (Fsp3) is 1.00. The van der Waals surface area contributed by atoms with E-state index in [-0.39, 0.29) is 0 Å². The van der Waals surface area contributed by atoms with Crippen molar-refractivity contribution in [1.29, 1.82) is 0 Å². The average molecular weight is 211 g/mol. The van der Waals surface area contributed by atoms with Gasteiger partial charge in [0.05, 0.1) is 18.8 Å². The molecule has 2 aliphatic heterocycles. The van der Waals surface area contributed by atoms with Crippen molar-refractivity contribution < 1.29 is 9.47 Å². The summed E-state index contributed by atoms with van der Waals surface area (Å²) in [5.41, 5.74) is 0. The Morgan fingerprint density at radius 3 is 2.87 bits per heavy atom. The van der Waals surface area contributed by atoms with Crippen molar-refractivity contribution in [3.05, 3.63) is 0 Å². The second-order valence-electron chi connectivity index (χ2n) is 5.20. The molecule has 15 heavy (non-hydrogen) atoms. The van der Waals surface area contributed by atoms with E-state index in [2.05, 4.69) is 5.32 Å². The summed E-state index contributed by atoms with van der Waals surface area (Å²) < 4.78 is 11.7. The summed E-state index contributed by atoms with van der Waals surface area (Å²) in [5.74, 6) is 0.870. The van der Waals surface area contributed by atoms with Crippen molar-refractivity contribution in [2.24, 2.45) is 5.92 Å². The van der Waals surface area contributed by atoms with Crippen LogP contribution < -0.4 is 5.32 Å². The molecule has 3 nitrogen and oxygen atoms in total. The van der Waals surface area contributed by atoms with E-state index in [4.69, 9.17) is 9.47 Å². The number of hydrogen-bond acceptors (Lipinski definition) is 3. The molecule has 3 rings (SSSR count). The molecule has 0 aromatic heterocycles. The highest BCUT2D eigenvalue weighted by Gasteiger charge is 2.34. The molecule has 1 N–H and O–H groups in total. The maximum atomic E-state index is 6.03. The Hall–Kier alpha value is -0.120. The third-order valence-corrected chi connectivity index (χ3v) is 3.81. The van der Waals surface area contributed by atoms with Crippen molar-refractivity contribution in [1.82, 2.24) is 5.32 Å². The molecule has 3 fully saturated rings. The van der Waals surface area contributed by atoms with Gasteiger partial charge in [0.2, 0.25) is 0 Å². The lowest BCUT2D eigenvalue weighted by atomic mass is 10.0. The monoisotopic (exact) mass is 211 g/mol. The van der Waals surface area contributed by atoms with Crippen LogP contribution in [0.1, 0.15) is 32.1 Å². The van der Waals surface area contributed by atoms with Crippen molar-refractivity contribution >= 4 is 0 Å². The summed E-state index contributed by atoms with van der Waals surface area (Å²) in [7, 11) is 0. The minimum atomic E-state index is 0.366. The zero-order valence-corrected chi connectivity index (χ0v) is 9.28. The summed E-state index contributed by atoms with van der Waals surface area (Å²) in [6, 6.07) is 0.629. The molecule has 2 saturated heterocycles. The number of rotatable bonds is 4. The molecule has 0 aromatic carbocycles. The molecule has 0 spiro atoms. The van der Waals surface area contributed by atoms with Gasteiger partial charge in [-0.1, -0.05) is 0 Å². The van der Waals surface area contributed by atoms with Crippen molar-refractivity contribution in [2.75, 3.05) is 19.8 Å². The summed E-state index contributed by atoms with van der Waals surface area (Å²) in [5, 5.41) is 3.50. The van der Waals surface area contributed by atoms with Crippen LogP contribution >= 0.6 is 0 Å². The molecule has 0 aromatic rings. The standard InChI is InChI=1S/C12H21NO2/c1-2-9(1)7-14-8-10-3-4-11-12(15-10)5-6-13-11/h9-13H,1-8H2/t10-,11+,12+/m0/s1. The summed E-state index contributed by atoms with van der Waals surface area (Å²) >= 11 is 0. The van der Waals surface area contributed by atoms with Gasteiger partial charge in [-0.15, -0.1) is 0 Å². The zero-order valence-electron chi connectivity index (χ0n) is 9.28. The first-order valence-corrected chi connectivity index (χ1v) is 6.38. The lowest BCUT2D eigenvalue weighted by Gasteiger charge is -2.32. The lowest BCUT2D eigenvalue weighted by Crippen LogP contribution is -2.41. The molecular weight excluding hydrogens is 190 g/mol. The SMILES string of the molecule is C1C[C@H]2O[C@H](COCC3CC3)CC[C@H]2N1. The van der Waals surface area contributed by atoms with Gasteiger partial charge in [-0.3, -0.25) is 0 Å². The van der Waals surface area contributed by atoms with Crippen LogP contribution in [0.3, 0.4) is 0 Å². The van der Waals surface area contributed by atoms with Gasteiger partial charge in [0.15, 0.2) is 0 Å². The molecule has 86 valence electrons. The van der Waals surface area contributed by atoms with Gasteiger partial charge in [0.25, 0.3) is 0 Å². The van der Waals surface area contributed by atoms with Gasteiger partial charge in [-0.05, 0) is 44.6 Å². The van der Waals surface area contributed by atoms with Gasteiger partial charge in [-0.2, -0.15) is 0 Å². The van der Waals surface area contributed by atoms with Crippen LogP contribution in [0.15, 0.2) is 0 Å². The van der Waals surface area contributed by atoms with Crippen molar-refractivity contribution in [3.8, 4) is 0 Å². The fourth-order valence-electron chi connectivity index (χ4n) is 2.65. The molecule has 3 aliphatic rings. The van der Waals surface area contributed by atoms with Crippen molar-refractivity contribution in [3.63, 3.8) is 0 Å². The average Bonchev–Trinajstić information content (AvgIpc) is 2.95. The minimum absolute atomic E-state index is 0.366. The van der Waals surface area contributed by atoms with Gasteiger partial charge in [-0.25, -0.2) is 0 Å². The number of fused-ring (bicyclic) bond motifs is 1. The van der Waals surface area contributed by atoms with E-state index < -0.39 is 0 Å². The first-order valence-electron chi connectivity index (χ1n) is 6.38. The Morgan fingerprint density at radius 2 is 2.00 bits per heavy atom. The predicted octanol–water partition coefficient (Wildman–Crippen LogP) is 1.32. The third kappa shape index (κ3) is 2.52. The molecule has 0 unspecified atom stereocenters. The smallest absolute Gasteiger partial charge is 0.0813 e. The van der Waals surface area contributed by atoms with E-state index in [1.165, 1.54) is 32.1 Å². The normalized spacial score (nSPS) is 40.4. The zero-order chi connectivity index (χ0) is 10.1. The quantitative estimate of drug-likeness (QED) is 0.761. The van der Waals surface area contributed by atoms with E-state index in [1.807, 2.05) is 0 Å². The van der Waals surface area contributed by atoms with E-state index in [0.29, 0.717) is 18.2 Å². The second kappa shape index (κ2) is 4.40. The van der Waals surface area contributed by atoms with E-state index in [9.17, 15) is 0 Å². The maximum absolute atomic E-state index is 6.03. The number of ether oxygens (including phenoxy) is 2. The molecule has 0 radical (unpaired) electrons. The highest BCUT2D eigenvalue weighted by Crippen LogP contribution is 2.29. The van der Waals surface area contributed by atoms with Gasteiger partial charge >= 0.3 is 0 Å². The molecule has 1 aliphatic carbocycles. The summed E-state index contributed by atoms with van der Waals surface area (Å²) in [6.07, 6.45) is 7.20. The summed E-state index contributed by atoms with van der Waals surface area (Å²) in [6.45, 7) is 2.91. The van der Waals surface area contributed by atoms with Crippen LogP contribution in [0.5, 0.6) is 0 Å².